The number of amides is 1. The fourth-order valence-corrected chi connectivity index (χ4v) is 5.09. The summed E-state index contributed by atoms with van der Waals surface area (Å²) in [5, 5.41) is 2.87. The number of nitrogens with one attached hydrogen (secondary N) is 1. The Balaban J connectivity index is 1.73. The van der Waals surface area contributed by atoms with Gasteiger partial charge < -0.3 is 10.1 Å². The van der Waals surface area contributed by atoms with E-state index in [0.717, 1.165) is 11.1 Å². The number of nitrogens with zero attached hydrogens (tertiary/aromatic N) is 1. The molecule has 0 aromatic heterocycles. The zero-order valence-corrected chi connectivity index (χ0v) is 18.9. The molecule has 1 N–H and O–H groups in total. The maximum atomic E-state index is 13.0. The molecule has 8 heteroatoms. The summed E-state index contributed by atoms with van der Waals surface area (Å²) in [6.07, 6.45) is 1.20. The summed E-state index contributed by atoms with van der Waals surface area (Å²) in [4.78, 5) is 25.2. The van der Waals surface area contributed by atoms with Crippen molar-refractivity contribution in [3.63, 3.8) is 0 Å². The molecule has 2 aromatic rings. The van der Waals surface area contributed by atoms with Crippen LogP contribution < -0.4 is 5.32 Å². The molecular weight excluding hydrogens is 416 g/mol. The average Bonchev–Trinajstić information content (AvgIpc) is 2.75. The number of sulfonamides is 1. The Morgan fingerprint density at radius 3 is 2.52 bits per heavy atom. The Hall–Kier alpha value is -2.71. The van der Waals surface area contributed by atoms with Crippen LogP contribution in [0.2, 0.25) is 0 Å². The van der Waals surface area contributed by atoms with Crippen LogP contribution >= 0.6 is 0 Å². The Labute approximate surface area is 183 Å². The van der Waals surface area contributed by atoms with Gasteiger partial charge in [0.2, 0.25) is 15.9 Å². The molecule has 1 atom stereocenters. The molecule has 1 saturated heterocycles. The number of carbonyl (C=O) groups is 2. The third kappa shape index (κ3) is 5.32. The number of anilines is 1. The smallest absolute Gasteiger partial charge is 0.338 e. The van der Waals surface area contributed by atoms with Crippen LogP contribution in [0, 0.1) is 19.8 Å². The Bertz CT molecular complexity index is 1060. The molecule has 2 aromatic carbocycles. The summed E-state index contributed by atoms with van der Waals surface area (Å²) in [5.41, 5.74) is 2.67. The highest BCUT2D eigenvalue weighted by molar-refractivity contribution is 7.89. The first-order chi connectivity index (χ1) is 14.7. The van der Waals surface area contributed by atoms with Crippen molar-refractivity contribution in [2.45, 2.75) is 38.5 Å². The number of esters is 1. The molecule has 1 aliphatic heterocycles. The van der Waals surface area contributed by atoms with E-state index in [1.807, 2.05) is 13.8 Å². The molecule has 0 spiro atoms. The van der Waals surface area contributed by atoms with Gasteiger partial charge in [-0.1, -0.05) is 23.8 Å². The number of aryl methyl sites for hydroxylation is 2. The van der Waals surface area contributed by atoms with Crippen molar-refractivity contribution >= 4 is 27.6 Å². The zero-order valence-electron chi connectivity index (χ0n) is 18.1. The Morgan fingerprint density at radius 2 is 1.84 bits per heavy atom. The molecule has 0 bridgehead atoms. The topological polar surface area (TPSA) is 92.8 Å². The Kier molecular flexibility index (Phi) is 7.12. The van der Waals surface area contributed by atoms with E-state index in [1.165, 1.54) is 4.31 Å². The minimum Gasteiger partial charge on any atom is -0.462 e. The summed E-state index contributed by atoms with van der Waals surface area (Å²) >= 11 is 0. The predicted octanol–water partition coefficient (Wildman–Crippen LogP) is 3.52. The van der Waals surface area contributed by atoms with E-state index in [1.54, 1.807) is 49.4 Å². The lowest BCUT2D eigenvalue weighted by atomic mass is 9.98. The normalized spacial score (nSPS) is 17.2. The Morgan fingerprint density at radius 1 is 1.13 bits per heavy atom. The molecule has 0 radical (unpaired) electrons. The third-order valence-corrected chi connectivity index (χ3v) is 7.30. The molecule has 0 saturated carbocycles. The fraction of sp³-hybridized carbons (Fsp3) is 0.391. The van der Waals surface area contributed by atoms with E-state index < -0.39 is 21.9 Å². The largest absolute Gasteiger partial charge is 0.462 e. The maximum Gasteiger partial charge on any atom is 0.338 e. The molecule has 1 fully saturated rings. The first-order valence-corrected chi connectivity index (χ1v) is 11.8. The molecule has 166 valence electrons. The van der Waals surface area contributed by atoms with Crippen LogP contribution in [-0.4, -0.2) is 44.3 Å². The van der Waals surface area contributed by atoms with Crippen LogP contribution in [0.1, 0.15) is 41.3 Å². The standard InChI is InChI=1S/C23H28N2O5S/c1-4-30-23(27)18-10-9-17(3)21(14-18)24-22(26)19-6-5-13-25(15-19)31(28,29)20-11-7-16(2)8-12-20/h7-12,14,19H,4-6,13,15H2,1-3H3,(H,24,26)/t19-/m0/s1. The summed E-state index contributed by atoms with van der Waals surface area (Å²) in [6, 6.07) is 11.7. The molecule has 1 amide bonds. The van der Waals surface area contributed by atoms with Crippen molar-refractivity contribution < 1.29 is 22.7 Å². The van der Waals surface area contributed by atoms with E-state index in [9.17, 15) is 18.0 Å². The highest BCUT2D eigenvalue weighted by Gasteiger charge is 2.33. The number of rotatable bonds is 6. The SMILES string of the molecule is CCOC(=O)c1ccc(C)c(NC(=O)[C@H]2CCCN(S(=O)(=O)c3ccc(C)cc3)C2)c1. The van der Waals surface area contributed by atoms with Gasteiger partial charge in [0.25, 0.3) is 0 Å². The highest BCUT2D eigenvalue weighted by Crippen LogP contribution is 2.26. The summed E-state index contributed by atoms with van der Waals surface area (Å²) < 4.78 is 32.4. The second kappa shape index (κ2) is 9.62. The van der Waals surface area contributed by atoms with Crippen molar-refractivity contribution in [1.82, 2.24) is 4.31 Å². The van der Waals surface area contributed by atoms with Gasteiger partial charge in [0.15, 0.2) is 0 Å². The summed E-state index contributed by atoms with van der Waals surface area (Å²) in [6.45, 7) is 6.24. The second-order valence-electron chi connectivity index (χ2n) is 7.75. The summed E-state index contributed by atoms with van der Waals surface area (Å²) in [7, 11) is -3.66. The van der Waals surface area contributed by atoms with E-state index in [4.69, 9.17) is 4.74 Å². The van der Waals surface area contributed by atoms with Gasteiger partial charge in [-0.05, 0) is 63.4 Å². The maximum absolute atomic E-state index is 13.0. The van der Waals surface area contributed by atoms with Gasteiger partial charge in [0, 0.05) is 18.8 Å². The van der Waals surface area contributed by atoms with Gasteiger partial charge in [0.1, 0.15) is 0 Å². The van der Waals surface area contributed by atoms with Gasteiger partial charge in [0.05, 0.1) is 23.0 Å². The highest BCUT2D eigenvalue weighted by atomic mass is 32.2. The van der Waals surface area contributed by atoms with Crippen molar-refractivity contribution in [2.24, 2.45) is 5.92 Å². The lowest BCUT2D eigenvalue weighted by molar-refractivity contribution is -0.120. The van der Waals surface area contributed by atoms with Crippen LogP contribution in [-0.2, 0) is 19.6 Å². The lowest BCUT2D eigenvalue weighted by Crippen LogP contribution is -2.43. The van der Waals surface area contributed by atoms with E-state index in [2.05, 4.69) is 5.32 Å². The van der Waals surface area contributed by atoms with E-state index in [0.29, 0.717) is 30.6 Å². The number of benzene rings is 2. The predicted molar refractivity (Wildman–Crippen MR) is 118 cm³/mol. The number of piperidine rings is 1. The minimum absolute atomic E-state index is 0.124. The summed E-state index contributed by atoms with van der Waals surface area (Å²) in [5.74, 6) is -1.18. The first kappa shape index (κ1) is 23.0. The van der Waals surface area contributed by atoms with Crippen molar-refractivity contribution in [3.8, 4) is 0 Å². The van der Waals surface area contributed by atoms with Gasteiger partial charge >= 0.3 is 5.97 Å². The molecular formula is C23H28N2O5S. The molecule has 3 rings (SSSR count). The molecule has 1 aliphatic rings. The first-order valence-electron chi connectivity index (χ1n) is 10.4. The average molecular weight is 445 g/mol. The molecule has 7 nitrogen and oxygen atoms in total. The van der Waals surface area contributed by atoms with E-state index in [-0.39, 0.29) is 24.0 Å². The number of ether oxygens (including phenoxy) is 1. The lowest BCUT2D eigenvalue weighted by Gasteiger charge is -2.31. The fourth-order valence-electron chi connectivity index (χ4n) is 3.57. The second-order valence-corrected chi connectivity index (χ2v) is 9.69. The van der Waals surface area contributed by atoms with Crippen molar-refractivity contribution in [1.29, 1.82) is 0 Å². The van der Waals surface area contributed by atoms with Gasteiger partial charge in [-0.15, -0.1) is 0 Å². The van der Waals surface area contributed by atoms with Crippen LogP contribution in [0.3, 0.4) is 0 Å². The number of hydrogen-bond acceptors (Lipinski definition) is 5. The van der Waals surface area contributed by atoms with Gasteiger partial charge in [-0.25, -0.2) is 13.2 Å². The molecule has 0 unspecified atom stereocenters. The number of hydrogen-bond donors (Lipinski definition) is 1. The van der Waals surface area contributed by atoms with Crippen molar-refractivity contribution in [3.05, 3.63) is 59.2 Å². The zero-order chi connectivity index (χ0) is 22.6. The van der Waals surface area contributed by atoms with E-state index >= 15 is 0 Å². The number of carbonyl (C=O) groups excluding carboxylic acids is 2. The van der Waals surface area contributed by atoms with Crippen molar-refractivity contribution in [2.75, 3.05) is 25.0 Å². The van der Waals surface area contributed by atoms with Crippen LogP contribution in [0.5, 0.6) is 0 Å². The quantitative estimate of drug-likeness (QED) is 0.688. The van der Waals surface area contributed by atoms with Gasteiger partial charge in [-0.2, -0.15) is 4.31 Å². The molecule has 1 heterocycles. The monoisotopic (exact) mass is 444 g/mol. The minimum atomic E-state index is -3.66. The molecule has 31 heavy (non-hydrogen) atoms. The van der Waals surface area contributed by atoms with Crippen LogP contribution in [0.15, 0.2) is 47.4 Å². The van der Waals surface area contributed by atoms with Crippen LogP contribution in [0.4, 0.5) is 5.69 Å². The molecule has 0 aliphatic carbocycles. The van der Waals surface area contributed by atoms with Gasteiger partial charge in [-0.3, -0.25) is 4.79 Å². The third-order valence-electron chi connectivity index (χ3n) is 5.42. The van der Waals surface area contributed by atoms with Crippen LogP contribution in [0.25, 0.3) is 0 Å².